The molecule has 2 bridgehead atoms. The van der Waals surface area contributed by atoms with Crippen LogP contribution in [0.5, 0.6) is 0 Å². The van der Waals surface area contributed by atoms with Crippen molar-refractivity contribution in [1.82, 2.24) is 14.7 Å². The fourth-order valence-corrected chi connectivity index (χ4v) is 4.34. The van der Waals surface area contributed by atoms with Crippen LogP contribution in [0.1, 0.15) is 23.4 Å². The number of piperidine rings is 3. The Kier molecular flexibility index (Phi) is 3.88. The van der Waals surface area contributed by atoms with Crippen LogP contribution >= 0.6 is 11.6 Å². The quantitative estimate of drug-likeness (QED) is 0.832. The van der Waals surface area contributed by atoms with E-state index in [2.05, 4.69) is 9.80 Å². The molecule has 5 heterocycles. The van der Waals surface area contributed by atoms with E-state index in [0.717, 1.165) is 32.1 Å². The number of halogens is 1. The third-order valence-electron chi connectivity index (χ3n) is 5.48. The standard InChI is InChI=1S/C16H22ClN3O2/c17-15-2-1-14(22-15)16(21)20-9-7-19(8-10-20)13-11-18-5-3-12(13)4-6-18/h1-2,12-13H,3-11H2. The lowest BCUT2D eigenvalue weighted by molar-refractivity contribution is -0.0135. The van der Waals surface area contributed by atoms with Crippen molar-refractivity contribution in [2.24, 2.45) is 5.92 Å². The molecule has 5 nitrogen and oxygen atoms in total. The molecule has 120 valence electrons. The van der Waals surface area contributed by atoms with E-state index in [1.54, 1.807) is 12.1 Å². The Morgan fingerprint density at radius 3 is 2.36 bits per heavy atom. The van der Waals surface area contributed by atoms with Crippen molar-refractivity contribution in [3.8, 4) is 0 Å². The van der Waals surface area contributed by atoms with Crippen LogP contribution in [0.15, 0.2) is 16.5 Å². The molecule has 1 amide bonds. The first-order chi connectivity index (χ1) is 10.7. The van der Waals surface area contributed by atoms with Gasteiger partial charge < -0.3 is 14.2 Å². The molecule has 4 aliphatic rings. The zero-order valence-electron chi connectivity index (χ0n) is 12.7. The van der Waals surface area contributed by atoms with Gasteiger partial charge in [0.2, 0.25) is 0 Å². The van der Waals surface area contributed by atoms with Gasteiger partial charge in [0.1, 0.15) is 0 Å². The van der Waals surface area contributed by atoms with E-state index >= 15 is 0 Å². The first-order valence-electron chi connectivity index (χ1n) is 8.22. The number of nitrogens with zero attached hydrogens (tertiary/aromatic N) is 3. The molecular weight excluding hydrogens is 302 g/mol. The molecule has 0 spiro atoms. The Morgan fingerprint density at radius 2 is 1.82 bits per heavy atom. The lowest BCUT2D eigenvalue weighted by Gasteiger charge is -2.50. The topological polar surface area (TPSA) is 39.9 Å². The van der Waals surface area contributed by atoms with Gasteiger partial charge in [0, 0.05) is 38.8 Å². The van der Waals surface area contributed by atoms with Crippen LogP contribution in [0.4, 0.5) is 0 Å². The molecule has 0 aliphatic carbocycles. The first-order valence-corrected chi connectivity index (χ1v) is 8.59. The zero-order valence-corrected chi connectivity index (χ0v) is 13.5. The molecule has 1 atom stereocenters. The number of furan rings is 1. The minimum Gasteiger partial charge on any atom is -0.440 e. The highest BCUT2D eigenvalue weighted by atomic mass is 35.5. The molecule has 5 rings (SSSR count). The number of amides is 1. The maximum atomic E-state index is 12.4. The fraction of sp³-hybridized carbons (Fsp3) is 0.688. The summed E-state index contributed by atoms with van der Waals surface area (Å²) in [5.41, 5.74) is 0. The van der Waals surface area contributed by atoms with Gasteiger partial charge in [0.15, 0.2) is 11.0 Å². The van der Waals surface area contributed by atoms with Crippen LogP contribution in [0.3, 0.4) is 0 Å². The average molecular weight is 324 g/mol. The molecule has 0 aromatic carbocycles. The summed E-state index contributed by atoms with van der Waals surface area (Å²) in [5, 5.41) is 0.272. The number of carbonyl (C=O) groups is 1. The van der Waals surface area contributed by atoms with Crippen molar-refractivity contribution >= 4 is 17.5 Å². The SMILES string of the molecule is O=C(c1ccc(Cl)o1)N1CCN(C2CN3CCC2CC3)CC1. The molecular formula is C16H22ClN3O2. The van der Waals surface area contributed by atoms with E-state index in [4.69, 9.17) is 16.0 Å². The third kappa shape index (κ3) is 2.66. The van der Waals surface area contributed by atoms with Crippen molar-refractivity contribution in [2.75, 3.05) is 45.8 Å². The van der Waals surface area contributed by atoms with E-state index in [1.807, 2.05) is 4.90 Å². The number of hydrogen-bond acceptors (Lipinski definition) is 4. The minimum atomic E-state index is -0.0412. The summed E-state index contributed by atoms with van der Waals surface area (Å²) < 4.78 is 5.24. The Hall–Kier alpha value is -1.04. The van der Waals surface area contributed by atoms with Crippen LogP contribution in [0.2, 0.25) is 5.22 Å². The van der Waals surface area contributed by atoms with Crippen molar-refractivity contribution in [3.63, 3.8) is 0 Å². The molecule has 4 fully saturated rings. The summed E-state index contributed by atoms with van der Waals surface area (Å²) in [6, 6.07) is 3.97. The number of piperazine rings is 1. The van der Waals surface area contributed by atoms with Crippen LogP contribution in [0.25, 0.3) is 0 Å². The number of fused-ring (bicyclic) bond motifs is 3. The lowest BCUT2D eigenvalue weighted by atomic mass is 9.83. The lowest BCUT2D eigenvalue weighted by Crippen LogP contribution is -2.61. The molecule has 0 saturated carbocycles. The highest BCUT2D eigenvalue weighted by molar-refractivity contribution is 6.29. The largest absolute Gasteiger partial charge is 0.440 e. The maximum absolute atomic E-state index is 12.4. The maximum Gasteiger partial charge on any atom is 0.289 e. The Morgan fingerprint density at radius 1 is 1.09 bits per heavy atom. The highest BCUT2D eigenvalue weighted by Crippen LogP contribution is 2.31. The van der Waals surface area contributed by atoms with E-state index in [-0.39, 0.29) is 11.1 Å². The van der Waals surface area contributed by atoms with Gasteiger partial charge in [0.05, 0.1) is 0 Å². The summed E-state index contributed by atoms with van der Waals surface area (Å²) >= 11 is 5.75. The average Bonchev–Trinajstić information content (AvgIpc) is 3.02. The second kappa shape index (κ2) is 5.87. The molecule has 4 saturated heterocycles. The van der Waals surface area contributed by atoms with Gasteiger partial charge in [-0.2, -0.15) is 0 Å². The van der Waals surface area contributed by atoms with Crippen LogP contribution < -0.4 is 0 Å². The number of carbonyl (C=O) groups excluding carboxylic acids is 1. The predicted molar refractivity (Wildman–Crippen MR) is 84.1 cm³/mol. The predicted octanol–water partition coefficient (Wildman–Crippen LogP) is 1.79. The molecule has 1 aromatic heterocycles. The molecule has 22 heavy (non-hydrogen) atoms. The van der Waals surface area contributed by atoms with E-state index < -0.39 is 0 Å². The van der Waals surface area contributed by atoms with Gasteiger partial charge in [-0.1, -0.05) is 0 Å². The summed E-state index contributed by atoms with van der Waals surface area (Å²) in [6.45, 7) is 7.26. The molecule has 0 N–H and O–H groups in total. The van der Waals surface area contributed by atoms with E-state index in [9.17, 15) is 4.79 Å². The number of rotatable bonds is 2. The molecule has 4 aliphatic heterocycles. The second-order valence-electron chi connectivity index (χ2n) is 6.64. The Balaban J connectivity index is 1.35. The monoisotopic (exact) mass is 323 g/mol. The van der Waals surface area contributed by atoms with Gasteiger partial charge in [-0.3, -0.25) is 9.69 Å². The normalized spacial score (nSPS) is 32.4. The van der Waals surface area contributed by atoms with Crippen molar-refractivity contribution in [1.29, 1.82) is 0 Å². The fourth-order valence-electron chi connectivity index (χ4n) is 4.19. The Labute approximate surface area is 135 Å². The van der Waals surface area contributed by atoms with Crippen LogP contribution in [-0.2, 0) is 0 Å². The van der Waals surface area contributed by atoms with Crippen molar-refractivity contribution in [2.45, 2.75) is 18.9 Å². The minimum absolute atomic E-state index is 0.0412. The van der Waals surface area contributed by atoms with Gasteiger partial charge in [-0.15, -0.1) is 0 Å². The third-order valence-corrected chi connectivity index (χ3v) is 5.68. The van der Waals surface area contributed by atoms with Gasteiger partial charge in [-0.05, 0) is 55.6 Å². The summed E-state index contributed by atoms with van der Waals surface area (Å²) in [4.78, 5) is 19.4. The van der Waals surface area contributed by atoms with Crippen molar-refractivity contribution in [3.05, 3.63) is 23.1 Å². The van der Waals surface area contributed by atoms with E-state index in [1.165, 1.54) is 32.5 Å². The van der Waals surface area contributed by atoms with Gasteiger partial charge >= 0.3 is 0 Å². The molecule has 1 unspecified atom stereocenters. The smallest absolute Gasteiger partial charge is 0.289 e. The highest BCUT2D eigenvalue weighted by Gasteiger charge is 2.38. The molecule has 6 heteroatoms. The van der Waals surface area contributed by atoms with Crippen LogP contribution in [0, 0.1) is 5.92 Å². The summed E-state index contributed by atoms with van der Waals surface area (Å²) in [5.74, 6) is 1.16. The molecule has 0 radical (unpaired) electrons. The zero-order chi connectivity index (χ0) is 15.1. The second-order valence-corrected chi connectivity index (χ2v) is 7.01. The summed E-state index contributed by atoms with van der Waals surface area (Å²) in [7, 11) is 0. The van der Waals surface area contributed by atoms with Crippen molar-refractivity contribution < 1.29 is 9.21 Å². The summed E-state index contributed by atoms with van der Waals surface area (Å²) in [6.07, 6.45) is 2.68. The molecule has 1 aromatic rings. The first kappa shape index (κ1) is 14.5. The van der Waals surface area contributed by atoms with Gasteiger partial charge in [-0.25, -0.2) is 0 Å². The van der Waals surface area contributed by atoms with Crippen LogP contribution in [-0.4, -0.2) is 72.5 Å². The van der Waals surface area contributed by atoms with E-state index in [0.29, 0.717) is 11.8 Å². The number of hydrogen-bond donors (Lipinski definition) is 0. The Bertz CT molecular complexity index is 545. The van der Waals surface area contributed by atoms with Gasteiger partial charge in [0.25, 0.3) is 5.91 Å².